The Morgan fingerprint density at radius 1 is 1.67 bits per heavy atom. The lowest BCUT2D eigenvalue weighted by molar-refractivity contribution is -0.140. The zero-order valence-corrected chi connectivity index (χ0v) is 13.0. The van der Waals surface area contributed by atoms with Crippen LogP contribution in [-0.4, -0.2) is 34.8 Å². The fraction of sp³-hybridized carbons (Fsp3) is 0.636. The number of hydrogen-bond acceptors (Lipinski definition) is 4. The molecule has 0 aliphatic carbocycles. The lowest BCUT2D eigenvalue weighted by Crippen LogP contribution is -2.30. The van der Waals surface area contributed by atoms with Crippen LogP contribution in [-0.2, 0) is 29.5 Å². The van der Waals surface area contributed by atoms with Crippen LogP contribution in [0.25, 0.3) is 0 Å². The van der Waals surface area contributed by atoms with E-state index < -0.39 is 11.3 Å². The second kappa shape index (κ2) is 7.11. The maximum Gasteiger partial charge on any atom is 0.325 e. The fourth-order valence-corrected chi connectivity index (χ4v) is 2.50. The Bertz CT molecular complexity index is 423. The number of carbonyl (C=O) groups excluding carboxylic acids is 1. The average molecular weight is 339 g/mol. The van der Waals surface area contributed by atoms with Gasteiger partial charge in [-0.2, -0.15) is 5.10 Å². The number of ether oxygens (including phenoxy) is 1. The number of halogens is 2. The molecule has 5 nitrogen and oxygen atoms in total. The van der Waals surface area contributed by atoms with Crippen molar-refractivity contribution in [1.29, 1.82) is 0 Å². The highest BCUT2D eigenvalue weighted by molar-refractivity contribution is 9.10. The summed E-state index contributed by atoms with van der Waals surface area (Å²) < 4.78 is 7.37. The molecule has 102 valence electrons. The third kappa shape index (κ3) is 3.70. The molecule has 7 heteroatoms. The second-order valence-electron chi connectivity index (χ2n) is 3.81. The molecule has 0 bridgehead atoms. The van der Waals surface area contributed by atoms with Gasteiger partial charge in [0, 0.05) is 20.1 Å². The summed E-state index contributed by atoms with van der Waals surface area (Å²) in [5, 5.41) is 6.82. The van der Waals surface area contributed by atoms with E-state index in [9.17, 15) is 4.79 Å². The third-order valence-electron chi connectivity index (χ3n) is 2.58. The van der Waals surface area contributed by atoms with Gasteiger partial charge in [0.05, 0.1) is 23.0 Å². The molecule has 1 heterocycles. The first-order chi connectivity index (χ1) is 8.51. The molecule has 1 aromatic heterocycles. The van der Waals surface area contributed by atoms with E-state index in [1.54, 1.807) is 0 Å². The summed E-state index contributed by atoms with van der Waals surface area (Å²) in [6.07, 6.45) is 0.870. The van der Waals surface area contributed by atoms with Crippen LogP contribution in [0.2, 0.25) is 0 Å². The minimum atomic E-state index is -0.673. The van der Waals surface area contributed by atoms with Crippen LogP contribution in [0.15, 0.2) is 4.47 Å². The topological polar surface area (TPSA) is 56.2 Å². The van der Waals surface area contributed by atoms with Gasteiger partial charge in [-0.1, -0.05) is 6.92 Å². The second-order valence-corrected chi connectivity index (χ2v) is 5.13. The van der Waals surface area contributed by atoms with Gasteiger partial charge in [-0.05, 0) is 22.4 Å². The summed E-state index contributed by atoms with van der Waals surface area (Å²) in [6, 6.07) is 0. The highest BCUT2D eigenvalue weighted by Crippen LogP contribution is 2.21. The number of rotatable bonds is 6. The fourth-order valence-electron chi connectivity index (χ4n) is 1.54. The minimum Gasteiger partial charge on any atom is -0.468 e. The number of aryl methyl sites for hydroxylation is 2. The molecule has 1 rings (SSSR count). The molecule has 0 aromatic carbocycles. The van der Waals surface area contributed by atoms with Crippen LogP contribution in [0, 0.1) is 0 Å². The number of hydrogen-bond donors (Lipinski definition) is 1. The Morgan fingerprint density at radius 3 is 2.83 bits per heavy atom. The molecular weight excluding hydrogens is 321 g/mol. The Labute approximate surface area is 120 Å². The van der Waals surface area contributed by atoms with Crippen LogP contribution >= 0.6 is 27.5 Å². The number of carbonyl (C=O) groups is 1. The van der Waals surface area contributed by atoms with Crippen molar-refractivity contribution in [3.8, 4) is 0 Å². The van der Waals surface area contributed by atoms with Crippen LogP contribution in [0.4, 0.5) is 0 Å². The molecule has 0 amide bonds. The molecule has 0 saturated carbocycles. The van der Waals surface area contributed by atoms with Gasteiger partial charge in [0.1, 0.15) is 5.38 Å². The molecule has 0 aliphatic heterocycles. The number of nitrogens with zero attached hydrogens (tertiary/aromatic N) is 2. The summed E-state index contributed by atoms with van der Waals surface area (Å²) in [5.74, 6) is -0.428. The smallest absolute Gasteiger partial charge is 0.325 e. The summed E-state index contributed by atoms with van der Waals surface area (Å²) >= 11 is 9.36. The number of alkyl halides is 1. The average Bonchev–Trinajstić information content (AvgIpc) is 2.64. The normalized spacial score (nSPS) is 12.5. The molecule has 18 heavy (non-hydrogen) atoms. The van der Waals surface area contributed by atoms with E-state index in [1.165, 1.54) is 7.11 Å². The predicted molar refractivity (Wildman–Crippen MR) is 73.6 cm³/mol. The molecule has 1 atom stereocenters. The molecular formula is C11H17BrClN3O2. The van der Waals surface area contributed by atoms with E-state index >= 15 is 0 Å². The van der Waals surface area contributed by atoms with E-state index in [0.29, 0.717) is 13.1 Å². The Hall–Kier alpha value is -0.590. The first-order valence-electron chi connectivity index (χ1n) is 5.64. The highest BCUT2D eigenvalue weighted by atomic mass is 79.9. The van der Waals surface area contributed by atoms with Crippen molar-refractivity contribution in [3.63, 3.8) is 0 Å². The molecule has 0 aliphatic rings. The first-order valence-corrected chi connectivity index (χ1v) is 6.87. The Morgan fingerprint density at radius 2 is 2.33 bits per heavy atom. The Balaban J connectivity index is 2.54. The van der Waals surface area contributed by atoms with Gasteiger partial charge in [-0.15, -0.1) is 11.6 Å². The van der Waals surface area contributed by atoms with Crippen molar-refractivity contribution in [2.45, 2.75) is 25.3 Å². The summed E-state index contributed by atoms with van der Waals surface area (Å²) in [7, 11) is 3.21. The van der Waals surface area contributed by atoms with E-state index in [1.807, 2.05) is 11.7 Å². The maximum absolute atomic E-state index is 11.1. The zero-order valence-electron chi connectivity index (χ0n) is 10.7. The van der Waals surface area contributed by atoms with Gasteiger partial charge in [-0.3, -0.25) is 9.48 Å². The standard InChI is InChI=1S/C11H17BrClN3O2/c1-4-8-10(12)9(16(2)15-8)6-14-5-7(13)11(17)18-3/h7,14H,4-6H2,1-3H3. The predicted octanol–water partition coefficient (Wildman–Crippen LogP) is 1.61. The van der Waals surface area contributed by atoms with Crippen molar-refractivity contribution in [1.82, 2.24) is 15.1 Å². The maximum atomic E-state index is 11.1. The lowest BCUT2D eigenvalue weighted by Gasteiger charge is -2.09. The largest absolute Gasteiger partial charge is 0.468 e. The summed E-state index contributed by atoms with van der Waals surface area (Å²) in [6.45, 7) is 2.99. The molecule has 0 saturated heterocycles. The Kier molecular flexibility index (Phi) is 6.11. The van der Waals surface area contributed by atoms with Crippen molar-refractivity contribution >= 4 is 33.5 Å². The molecule has 1 unspecified atom stereocenters. The highest BCUT2D eigenvalue weighted by Gasteiger charge is 2.16. The van der Waals surface area contributed by atoms with Gasteiger partial charge in [-0.25, -0.2) is 0 Å². The van der Waals surface area contributed by atoms with Gasteiger partial charge >= 0.3 is 5.97 Å². The van der Waals surface area contributed by atoms with E-state index in [0.717, 1.165) is 22.3 Å². The van der Waals surface area contributed by atoms with Crippen LogP contribution in [0.1, 0.15) is 18.3 Å². The van der Waals surface area contributed by atoms with Crippen molar-refractivity contribution in [2.75, 3.05) is 13.7 Å². The van der Waals surface area contributed by atoms with Gasteiger partial charge < -0.3 is 10.1 Å². The van der Waals surface area contributed by atoms with E-state index in [4.69, 9.17) is 11.6 Å². The van der Waals surface area contributed by atoms with E-state index in [2.05, 4.69) is 38.0 Å². The number of methoxy groups -OCH3 is 1. The first kappa shape index (κ1) is 15.5. The van der Waals surface area contributed by atoms with Crippen LogP contribution in [0.5, 0.6) is 0 Å². The zero-order chi connectivity index (χ0) is 13.7. The SMILES string of the molecule is CCc1nn(C)c(CNCC(Cl)C(=O)OC)c1Br. The van der Waals surface area contributed by atoms with Gasteiger partial charge in [0.2, 0.25) is 0 Å². The van der Waals surface area contributed by atoms with Crippen molar-refractivity contribution in [2.24, 2.45) is 7.05 Å². The van der Waals surface area contributed by atoms with Crippen LogP contribution < -0.4 is 5.32 Å². The number of aromatic nitrogens is 2. The number of nitrogens with one attached hydrogen (secondary N) is 1. The lowest BCUT2D eigenvalue weighted by atomic mass is 10.3. The van der Waals surface area contributed by atoms with Crippen molar-refractivity contribution < 1.29 is 9.53 Å². The monoisotopic (exact) mass is 337 g/mol. The quantitative estimate of drug-likeness (QED) is 0.632. The van der Waals surface area contributed by atoms with Crippen molar-refractivity contribution in [3.05, 3.63) is 15.9 Å². The molecule has 0 fully saturated rings. The molecule has 0 spiro atoms. The summed E-state index contributed by atoms with van der Waals surface area (Å²) in [5.41, 5.74) is 2.05. The molecule has 0 radical (unpaired) electrons. The van der Waals surface area contributed by atoms with E-state index in [-0.39, 0.29) is 0 Å². The van der Waals surface area contributed by atoms with Gasteiger partial charge in [0.25, 0.3) is 0 Å². The summed E-state index contributed by atoms with van der Waals surface area (Å²) in [4.78, 5) is 11.1. The number of esters is 1. The molecule has 1 N–H and O–H groups in total. The van der Waals surface area contributed by atoms with Gasteiger partial charge in [0.15, 0.2) is 0 Å². The van der Waals surface area contributed by atoms with Crippen LogP contribution in [0.3, 0.4) is 0 Å². The third-order valence-corrected chi connectivity index (χ3v) is 3.82. The molecule has 1 aromatic rings. The minimum absolute atomic E-state index is 0.354.